The summed E-state index contributed by atoms with van der Waals surface area (Å²) in [4.78, 5) is 22.0. The van der Waals surface area contributed by atoms with E-state index < -0.39 is 30.6 Å². The van der Waals surface area contributed by atoms with Crippen LogP contribution in [0, 0.1) is 4.91 Å². The van der Waals surface area contributed by atoms with Crippen molar-refractivity contribution in [2.45, 2.75) is 31.0 Å². The van der Waals surface area contributed by atoms with E-state index in [0.29, 0.717) is 5.01 Å². The molecule has 1 saturated heterocycles. The first-order valence-corrected chi connectivity index (χ1v) is 6.56. The van der Waals surface area contributed by atoms with Gasteiger partial charge in [-0.1, -0.05) is 0 Å². The zero-order chi connectivity index (χ0) is 15.1. The van der Waals surface area contributed by atoms with Crippen LogP contribution in [0.15, 0.2) is 5.29 Å². The highest BCUT2D eigenvalue weighted by Gasteiger charge is 2.37. The number of carbonyl (C=O) groups is 1. The van der Waals surface area contributed by atoms with Crippen LogP contribution >= 0.6 is 11.6 Å². The second-order valence-electron chi connectivity index (χ2n) is 4.21. The molecular formula is C10H18ClN3O6. The molecule has 1 rings (SSSR count). The van der Waals surface area contributed by atoms with Gasteiger partial charge in [0.05, 0.1) is 17.9 Å². The molecule has 0 saturated carbocycles. The maximum Gasteiger partial charge on any atom is 0.340 e. The van der Waals surface area contributed by atoms with Gasteiger partial charge in [-0.25, -0.2) is 4.79 Å². The molecule has 116 valence electrons. The molecule has 0 spiro atoms. The molecule has 4 atom stereocenters. The first-order chi connectivity index (χ1) is 9.53. The van der Waals surface area contributed by atoms with Gasteiger partial charge in [-0.15, -0.1) is 16.5 Å². The summed E-state index contributed by atoms with van der Waals surface area (Å²) in [5.41, 5.74) is 0. The topological polar surface area (TPSA) is 121 Å². The minimum Gasteiger partial charge on any atom is -0.390 e. The molecule has 1 heterocycles. The standard InChI is InChI=1S/C10H18ClN3O6/c1-19-8-4-6(15)9(16)7(20-8)5-12-10(17)14(13-18)3-2-11/h6-9,15-16H,2-5H2,1H3,(H,12,17). The number of nitroso groups, excluding NO2 is 1. The lowest BCUT2D eigenvalue weighted by molar-refractivity contribution is -0.240. The van der Waals surface area contributed by atoms with E-state index in [-0.39, 0.29) is 25.4 Å². The van der Waals surface area contributed by atoms with Gasteiger partial charge in [0.1, 0.15) is 12.2 Å². The second-order valence-corrected chi connectivity index (χ2v) is 4.59. The average Bonchev–Trinajstić information content (AvgIpc) is 2.45. The highest BCUT2D eigenvalue weighted by molar-refractivity contribution is 6.18. The van der Waals surface area contributed by atoms with Crippen molar-refractivity contribution in [3.05, 3.63) is 4.91 Å². The van der Waals surface area contributed by atoms with Crippen molar-refractivity contribution >= 4 is 17.6 Å². The molecule has 4 unspecified atom stereocenters. The van der Waals surface area contributed by atoms with Gasteiger partial charge >= 0.3 is 6.03 Å². The van der Waals surface area contributed by atoms with E-state index >= 15 is 0 Å². The van der Waals surface area contributed by atoms with E-state index in [1.165, 1.54) is 7.11 Å². The Hall–Kier alpha value is -1.00. The second kappa shape index (κ2) is 8.32. The number of aliphatic hydroxyl groups excluding tert-OH is 2. The predicted molar refractivity (Wildman–Crippen MR) is 68.9 cm³/mol. The van der Waals surface area contributed by atoms with E-state index in [2.05, 4.69) is 10.6 Å². The van der Waals surface area contributed by atoms with Crippen LogP contribution in [0.3, 0.4) is 0 Å². The van der Waals surface area contributed by atoms with Gasteiger partial charge in [-0.3, -0.25) is 0 Å². The summed E-state index contributed by atoms with van der Waals surface area (Å²) in [6.07, 6.45) is -3.56. The number of methoxy groups -OCH3 is 1. The van der Waals surface area contributed by atoms with Crippen molar-refractivity contribution in [2.75, 3.05) is 26.1 Å². The van der Waals surface area contributed by atoms with Gasteiger partial charge in [-0.05, 0) is 0 Å². The normalized spacial score (nSPS) is 29.8. The summed E-state index contributed by atoms with van der Waals surface area (Å²) in [6.45, 7) is -0.139. The van der Waals surface area contributed by atoms with Crippen LogP contribution in [-0.4, -0.2) is 71.9 Å². The summed E-state index contributed by atoms with van der Waals surface area (Å²) >= 11 is 5.41. The van der Waals surface area contributed by atoms with Crippen molar-refractivity contribution < 1.29 is 24.5 Å². The molecule has 3 N–H and O–H groups in total. The first-order valence-electron chi connectivity index (χ1n) is 6.02. The summed E-state index contributed by atoms with van der Waals surface area (Å²) in [7, 11) is 1.41. The minimum absolute atomic E-state index is 0.0334. The number of aliphatic hydroxyl groups is 2. The van der Waals surface area contributed by atoms with Crippen LogP contribution < -0.4 is 5.32 Å². The molecule has 1 aliphatic rings. The summed E-state index contributed by atoms with van der Waals surface area (Å²) < 4.78 is 10.3. The molecule has 1 aliphatic heterocycles. The number of amides is 2. The van der Waals surface area contributed by atoms with Gasteiger partial charge in [0.15, 0.2) is 6.29 Å². The fraction of sp³-hybridized carbons (Fsp3) is 0.900. The maximum atomic E-state index is 11.6. The Morgan fingerprint density at radius 3 is 2.85 bits per heavy atom. The monoisotopic (exact) mass is 311 g/mol. The lowest BCUT2D eigenvalue weighted by Crippen LogP contribution is -2.54. The van der Waals surface area contributed by atoms with Crippen LogP contribution in [0.4, 0.5) is 4.79 Å². The third-order valence-electron chi connectivity index (χ3n) is 2.88. The zero-order valence-electron chi connectivity index (χ0n) is 10.9. The number of hydrogen-bond donors (Lipinski definition) is 3. The van der Waals surface area contributed by atoms with Crippen molar-refractivity contribution in [3.63, 3.8) is 0 Å². The number of rotatable bonds is 6. The van der Waals surface area contributed by atoms with Crippen molar-refractivity contribution in [2.24, 2.45) is 5.29 Å². The third-order valence-corrected chi connectivity index (χ3v) is 3.05. The fourth-order valence-electron chi connectivity index (χ4n) is 1.77. The summed E-state index contributed by atoms with van der Waals surface area (Å²) in [5, 5.41) is 24.9. The molecular weight excluding hydrogens is 294 g/mol. The Morgan fingerprint density at radius 1 is 1.60 bits per heavy atom. The van der Waals surface area contributed by atoms with E-state index in [4.69, 9.17) is 21.1 Å². The Morgan fingerprint density at radius 2 is 2.30 bits per heavy atom. The SMILES string of the molecule is COC1CC(O)C(O)C(CNC(=O)N(CCCl)N=O)O1. The molecule has 1 fully saturated rings. The van der Waals surface area contributed by atoms with E-state index in [0.717, 1.165) is 0 Å². The number of ether oxygens (including phenoxy) is 2. The number of nitrogens with one attached hydrogen (secondary N) is 1. The largest absolute Gasteiger partial charge is 0.390 e. The molecule has 0 aromatic carbocycles. The Bertz CT molecular complexity index is 334. The van der Waals surface area contributed by atoms with Crippen LogP contribution in [-0.2, 0) is 9.47 Å². The molecule has 0 aliphatic carbocycles. The van der Waals surface area contributed by atoms with Crippen LogP contribution in [0.5, 0.6) is 0 Å². The molecule has 0 radical (unpaired) electrons. The maximum absolute atomic E-state index is 11.6. The highest BCUT2D eigenvalue weighted by Crippen LogP contribution is 2.20. The lowest BCUT2D eigenvalue weighted by Gasteiger charge is -2.36. The number of hydrogen-bond acceptors (Lipinski definition) is 7. The van der Waals surface area contributed by atoms with Crippen molar-refractivity contribution in [1.29, 1.82) is 0 Å². The lowest BCUT2D eigenvalue weighted by atomic mass is 10.0. The number of nitrogens with zero attached hydrogens (tertiary/aromatic N) is 2. The van der Waals surface area contributed by atoms with Crippen LogP contribution in [0.2, 0.25) is 0 Å². The first kappa shape index (κ1) is 17.1. The zero-order valence-corrected chi connectivity index (χ0v) is 11.7. The van der Waals surface area contributed by atoms with E-state index in [1.54, 1.807) is 0 Å². The Kier molecular flexibility index (Phi) is 7.10. The molecule has 0 aromatic heterocycles. The molecule has 2 amide bonds. The smallest absolute Gasteiger partial charge is 0.340 e. The van der Waals surface area contributed by atoms with Crippen molar-refractivity contribution in [1.82, 2.24) is 10.3 Å². The van der Waals surface area contributed by atoms with Gasteiger partial charge < -0.3 is 25.0 Å². The third kappa shape index (κ3) is 4.53. The Labute approximate surface area is 120 Å². The predicted octanol–water partition coefficient (Wildman–Crippen LogP) is -0.599. The van der Waals surface area contributed by atoms with Crippen molar-refractivity contribution in [3.8, 4) is 0 Å². The van der Waals surface area contributed by atoms with Gasteiger partial charge in [0, 0.05) is 26.0 Å². The number of halogens is 1. The quantitative estimate of drug-likeness (QED) is 0.342. The van der Waals surface area contributed by atoms with Gasteiger partial charge in [0.2, 0.25) is 0 Å². The fourth-order valence-corrected chi connectivity index (χ4v) is 1.93. The molecule has 0 bridgehead atoms. The summed E-state index contributed by atoms with van der Waals surface area (Å²) in [5.74, 6) is 0.0617. The average molecular weight is 312 g/mol. The summed E-state index contributed by atoms with van der Waals surface area (Å²) in [6, 6.07) is -0.759. The Balaban J connectivity index is 2.50. The van der Waals surface area contributed by atoms with E-state index in [9.17, 15) is 19.9 Å². The molecule has 20 heavy (non-hydrogen) atoms. The van der Waals surface area contributed by atoms with Crippen LogP contribution in [0.1, 0.15) is 6.42 Å². The van der Waals surface area contributed by atoms with Gasteiger partial charge in [-0.2, -0.15) is 5.01 Å². The van der Waals surface area contributed by atoms with Crippen LogP contribution in [0.25, 0.3) is 0 Å². The number of carbonyl (C=O) groups excluding carboxylic acids is 1. The molecule has 10 heteroatoms. The number of urea groups is 1. The highest BCUT2D eigenvalue weighted by atomic mass is 35.5. The molecule has 9 nitrogen and oxygen atoms in total. The van der Waals surface area contributed by atoms with Gasteiger partial charge in [0.25, 0.3) is 0 Å². The minimum atomic E-state index is -1.16. The number of alkyl halides is 1. The molecule has 0 aromatic rings. The van der Waals surface area contributed by atoms with E-state index in [1.807, 2.05) is 0 Å².